The summed E-state index contributed by atoms with van der Waals surface area (Å²) in [4.78, 5) is 2.69. The molecule has 1 unspecified atom stereocenters. The second kappa shape index (κ2) is 4.79. The van der Waals surface area contributed by atoms with Crippen molar-refractivity contribution >= 4 is 38.9 Å². The van der Waals surface area contributed by atoms with E-state index in [1.807, 2.05) is 6.07 Å². The van der Waals surface area contributed by atoms with Gasteiger partial charge in [0.05, 0.1) is 0 Å². The molecule has 0 aliphatic rings. The van der Waals surface area contributed by atoms with Crippen molar-refractivity contribution in [2.24, 2.45) is 0 Å². The van der Waals surface area contributed by atoms with Crippen LogP contribution < -0.4 is 0 Å². The highest BCUT2D eigenvalue weighted by atomic mass is 79.9. The fourth-order valence-electron chi connectivity index (χ4n) is 1.50. The van der Waals surface area contributed by atoms with Gasteiger partial charge in [0, 0.05) is 9.75 Å². The van der Waals surface area contributed by atoms with E-state index in [0.29, 0.717) is 5.22 Å². The molecule has 92 valence electrons. The normalized spacial score (nSPS) is 13.9. The first-order chi connectivity index (χ1) is 7.88. The lowest BCUT2D eigenvalue weighted by Crippen LogP contribution is -2.07. The second-order valence-electron chi connectivity index (χ2n) is 4.96. The molecule has 0 aliphatic heterocycles. The summed E-state index contributed by atoms with van der Waals surface area (Å²) in [5.74, 6) is 0.845. The molecular formula is C13H14BrClOS. The quantitative estimate of drug-likeness (QED) is 0.635. The van der Waals surface area contributed by atoms with Gasteiger partial charge in [-0.15, -0.1) is 11.3 Å². The first-order valence-corrected chi connectivity index (χ1v) is 7.48. The van der Waals surface area contributed by atoms with Gasteiger partial charge >= 0.3 is 0 Å². The summed E-state index contributed by atoms with van der Waals surface area (Å²) >= 11 is 11.2. The molecule has 0 radical (unpaired) electrons. The van der Waals surface area contributed by atoms with Crippen molar-refractivity contribution in [3.05, 3.63) is 45.0 Å². The summed E-state index contributed by atoms with van der Waals surface area (Å²) in [7, 11) is 0. The molecule has 2 heterocycles. The molecule has 0 saturated heterocycles. The smallest absolute Gasteiger partial charge is 0.193 e. The topological polar surface area (TPSA) is 13.1 Å². The minimum absolute atomic E-state index is 0.0797. The van der Waals surface area contributed by atoms with Crippen LogP contribution in [-0.4, -0.2) is 0 Å². The molecule has 0 aromatic carbocycles. The van der Waals surface area contributed by atoms with Gasteiger partial charge in [-0.05, 0) is 41.3 Å². The minimum Gasteiger partial charge on any atom is -0.448 e. The second-order valence-corrected chi connectivity index (χ2v) is 7.36. The lowest BCUT2D eigenvalue weighted by Gasteiger charge is -2.15. The monoisotopic (exact) mass is 332 g/mol. The van der Waals surface area contributed by atoms with Gasteiger partial charge in [-0.3, -0.25) is 0 Å². The van der Waals surface area contributed by atoms with E-state index < -0.39 is 0 Å². The molecule has 2 aromatic heterocycles. The van der Waals surface area contributed by atoms with E-state index in [9.17, 15) is 0 Å². The maximum absolute atomic E-state index is 5.79. The van der Waals surface area contributed by atoms with Crippen LogP contribution in [0.2, 0.25) is 5.22 Å². The van der Waals surface area contributed by atoms with E-state index >= 15 is 0 Å². The number of thiophene rings is 1. The Kier molecular flexibility index (Phi) is 3.71. The van der Waals surface area contributed by atoms with Crippen LogP contribution in [0.5, 0.6) is 0 Å². The average molecular weight is 334 g/mol. The van der Waals surface area contributed by atoms with Gasteiger partial charge in [-0.1, -0.05) is 36.7 Å². The fraction of sp³-hybridized carbons (Fsp3) is 0.385. The molecule has 2 aromatic rings. The van der Waals surface area contributed by atoms with E-state index in [4.69, 9.17) is 16.0 Å². The molecule has 1 nitrogen and oxygen atoms in total. The minimum atomic E-state index is 0.0797. The summed E-state index contributed by atoms with van der Waals surface area (Å²) in [6.45, 7) is 6.65. The first kappa shape index (κ1) is 13.2. The van der Waals surface area contributed by atoms with E-state index in [2.05, 4.69) is 48.8 Å². The maximum atomic E-state index is 5.79. The van der Waals surface area contributed by atoms with Gasteiger partial charge in [0.2, 0.25) is 0 Å². The van der Waals surface area contributed by atoms with Crippen molar-refractivity contribution in [2.75, 3.05) is 0 Å². The van der Waals surface area contributed by atoms with Crippen LogP contribution in [0.1, 0.15) is 41.1 Å². The SMILES string of the molecule is CC(C)(C)c1ccc(C(Br)c2ccc(Cl)o2)s1. The number of hydrogen-bond acceptors (Lipinski definition) is 2. The van der Waals surface area contributed by atoms with Crippen LogP contribution in [0.25, 0.3) is 0 Å². The Morgan fingerprint density at radius 1 is 1.24 bits per heavy atom. The summed E-state index contributed by atoms with van der Waals surface area (Å²) in [6.07, 6.45) is 0. The van der Waals surface area contributed by atoms with E-state index in [0.717, 1.165) is 5.76 Å². The Bertz CT molecular complexity index is 509. The first-order valence-electron chi connectivity index (χ1n) is 5.37. The standard InChI is InChI=1S/C13H14BrClOS/c1-13(2,3)10-6-5-9(17-10)12(14)8-4-7-11(15)16-8/h4-7,12H,1-3H3. The van der Waals surface area contributed by atoms with E-state index in [1.165, 1.54) is 9.75 Å². The van der Waals surface area contributed by atoms with Crippen LogP contribution in [0.15, 0.2) is 28.7 Å². The molecule has 2 rings (SSSR count). The van der Waals surface area contributed by atoms with Crippen molar-refractivity contribution in [3.8, 4) is 0 Å². The van der Waals surface area contributed by atoms with Gasteiger partial charge in [-0.2, -0.15) is 0 Å². The number of rotatable bonds is 2. The Labute approximate surface area is 119 Å². The third-order valence-corrected chi connectivity index (χ3v) is 5.49. The van der Waals surface area contributed by atoms with Crippen LogP contribution in [0.4, 0.5) is 0 Å². The predicted octanol–water partition coefficient (Wildman–Crippen LogP) is 5.78. The zero-order chi connectivity index (χ0) is 12.6. The number of alkyl halides is 1. The molecular weight excluding hydrogens is 320 g/mol. The third kappa shape index (κ3) is 2.95. The van der Waals surface area contributed by atoms with Gasteiger partial charge in [0.15, 0.2) is 5.22 Å². The highest BCUT2D eigenvalue weighted by Gasteiger charge is 2.21. The van der Waals surface area contributed by atoms with Gasteiger partial charge in [0.1, 0.15) is 10.6 Å². The molecule has 0 spiro atoms. The largest absolute Gasteiger partial charge is 0.448 e. The van der Waals surface area contributed by atoms with Gasteiger partial charge in [0.25, 0.3) is 0 Å². The van der Waals surface area contributed by atoms with Crippen molar-refractivity contribution in [1.82, 2.24) is 0 Å². The Balaban J connectivity index is 2.26. The summed E-state index contributed by atoms with van der Waals surface area (Å²) in [6, 6.07) is 7.99. The van der Waals surface area contributed by atoms with Crippen molar-refractivity contribution in [2.45, 2.75) is 31.0 Å². The van der Waals surface area contributed by atoms with Gasteiger partial charge < -0.3 is 4.42 Å². The number of halogens is 2. The molecule has 0 aliphatic carbocycles. The molecule has 1 atom stereocenters. The molecule has 17 heavy (non-hydrogen) atoms. The van der Waals surface area contributed by atoms with Crippen molar-refractivity contribution in [1.29, 1.82) is 0 Å². The maximum Gasteiger partial charge on any atom is 0.193 e. The lowest BCUT2D eigenvalue weighted by atomic mass is 9.95. The Morgan fingerprint density at radius 3 is 2.41 bits per heavy atom. The highest BCUT2D eigenvalue weighted by molar-refractivity contribution is 9.09. The number of furan rings is 1. The molecule has 0 N–H and O–H groups in total. The fourth-order valence-corrected chi connectivity index (χ4v) is 3.38. The molecule has 0 amide bonds. The molecule has 0 bridgehead atoms. The number of hydrogen-bond donors (Lipinski definition) is 0. The predicted molar refractivity (Wildman–Crippen MR) is 77.5 cm³/mol. The zero-order valence-electron chi connectivity index (χ0n) is 9.96. The Hall–Kier alpha value is -0.250. The van der Waals surface area contributed by atoms with Crippen LogP contribution >= 0.6 is 38.9 Å². The molecule has 0 saturated carbocycles. The van der Waals surface area contributed by atoms with Crippen LogP contribution in [0, 0.1) is 0 Å². The Morgan fingerprint density at radius 2 is 1.94 bits per heavy atom. The van der Waals surface area contributed by atoms with E-state index in [1.54, 1.807) is 17.4 Å². The zero-order valence-corrected chi connectivity index (χ0v) is 13.1. The lowest BCUT2D eigenvalue weighted by molar-refractivity contribution is 0.523. The van der Waals surface area contributed by atoms with Crippen LogP contribution in [0.3, 0.4) is 0 Å². The third-order valence-electron chi connectivity index (χ3n) is 2.46. The summed E-state index contributed by atoms with van der Waals surface area (Å²) in [5.41, 5.74) is 0.191. The summed E-state index contributed by atoms with van der Waals surface area (Å²) in [5, 5.41) is 0.428. The van der Waals surface area contributed by atoms with Crippen molar-refractivity contribution in [3.63, 3.8) is 0 Å². The highest BCUT2D eigenvalue weighted by Crippen LogP contribution is 2.39. The molecule has 4 heteroatoms. The molecule has 0 fully saturated rings. The summed E-state index contributed by atoms with van der Waals surface area (Å²) < 4.78 is 5.42. The van der Waals surface area contributed by atoms with Crippen LogP contribution in [-0.2, 0) is 5.41 Å². The van der Waals surface area contributed by atoms with Crippen molar-refractivity contribution < 1.29 is 4.42 Å². The van der Waals surface area contributed by atoms with E-state index in [-0.39, 0.29) is 10.2 Å². The average Bonchev–Trinajstić information content (AvgIpc) is 2.83. The van der Waals surface area contributed by atoms with Gasteiger partial charge in [-0.25, -0.2) is 0 Å².